The number of ether oxygens (including phenoxy) is 3. The molecular weight excluding hydrogens is 266 g/mol. The minimum atomic E-state index is 0.541. The number of unbranched alkanes of at least 4 members (excludes halogenated alkanes) is 1. The largest absolute Gasteiger partial charge is 0.488 e. The van der Waals surface area contributed by atoms with Crippen LogP contribution in [0.2, 0.25) is 5.02 Å². The summed E-state index contributed by atoms with van der Waals surface area (Å²) in [5, 5.41) is 3.92. The highest BCUT2D eigenvalue weighted by Crippen LogP contribution is 2.41. The fraction of sp³-hybridized carbons (Fsp3) is 0.571. The first-order chi connectivity index (χ1) is 9.31. The maximum absolute atomic E-state index is 6.03. The summed E-state index contributed by atoms with van der Waals surface area (Å²) < 4.78 is 16.8. The highest BCUT2D eigenvalue weighted by molar-refractivity contribution is 6.31. The van der Waals surface area contributed by atoms with E-state index in [1.807, 2.05) is 0 Å². The van der Waals surface area contributed by atoms with Crippen LogP contribution in [0.15, 0.2) is 12.1 Å². The number of hydrogen-bond acceptors (Lipinski definition) is 4. The minimum absolute atomic E-state index is 0.541. The molecule has 0 bridgehead atoms. The van der Waals surface area contributed by atoms with Crippen LogP contribution >= 0.6 is 11.6 Å². The Bertz CT molecular complexity index is 412. The van der Waals surface area contributed by atoms with Crippen molar-refractivity contribution in [1.82, 2.24) is 5.32 Å². The van der Waals surface area contributed by atoms with E-state index in [0.717, 1.165) is 13.1 Å². The Balaban J connectivity index is 1.87. The van der Waals surface area contributed by atoms with Crippen molar-refractivity contribution in [3.8, 4) is 17.2 Å². The third-order valence-corrected chi connectivity index (χ3v) is 3.03. The molecular formula is C14H20ClNO3. The highest BCUT2D eigenvalue weighted by atomic mass is 35.5. The standard InChI is InChI=1S/C14H20ClNO3/c1-2-3-4-16-5-6-17-12-9-11(15)10-13-14(12)19-8-7-18-13/h9-10,16H,2-8H2,1H3. The first-order valence-electron chi connectivity index (χ1n) is 6.74. The predicted octanol–water partition coefficient (Wildman–Crippen LogP) is 2.88. The molecule has 0 fully saturated rings. The minimum Gasteiger partial charge on any atom is -0.488 e. The molecule has 0 saturated carbocycles. The van der Waals surface area contributed by atoms with Crippen LogP contribution in [0.25, 0.3) is 0 Å². The van der Waals surface area contributed by atoms with E-state index >= 15 is 0 Å². The Morgan fingerprint density at radius 3 is 2.95 bits per heavy atom. The van der Waals surface area contributed by atoms with Gasteiger partial charge in [0.25, 0.3) is 0 Å². The van der Waals surface area contributed by atoms with Gasteiger partial charge in [-0.15, -0.1) is 0 Å². The quantitative estimate of drug-likeness (QED) is 0.782. The van der Waals surface area contributed by atoms with Gasteiger partial charge in [0.15, 0.2) is 11.5 Å². The van der Waals surface area contributed by atoms with Gasteiger partial charge < -0.3 is 19.5 Å². The van der Waals surface area contributed by atoms with Crippen LogP contribution in [-0.2, 0) is 0 Å². The van der Waals surface area contributed by atoms with Gasteiger partial charge in [0.2, 0.25) is 5.75 Å². The van der Waals surface area contributed by atoms with Gasteiger partial charge in [-0.3, -0.25) is 0 Å². The molecule has 1 heterocycles. The van der Waals surface area contributed by atoms with Crippen molar-refractivity contribution < 1.29 is 14.2 Å². The van der Waals surface area contributed by atoms with Crippen molar-refractivity contribution in [1.29, 1.82) is 0 Å². The molecule has 0 spiro atoms. The van der Waals surface area contributed by atoms with Gasteiger partial charge in [-0.05, 0) is 13.0 Å². The van der Waals surface area contributed by atoms with Crippen molar-refractivity contribution >= 4 is 11.6 Å². The molecule has 0 atom stereocenters. The second kappa shape index (κ2) is 7.46. The molecule has 1 aromatic rings. The lowest BCUT2D eigenvalue weighted by Crippen LogP contribution is -2.22. The maximum Gasteiger partial charge on any atom is 0.203 e. The van der Waals surface area contributed by atoms with E-state index in [2.05, 4.69) is 12.2 Å². The predicted molar refractivity (Wildman–Crippen MR) is 75.7 cm³/mol. The Morgan fingerprint density at radius 2 is 2.11 bits per heavy atom. The number of halogens is 1. The van der Waals surface area contributed by atoms with Gasteiger partial charge in [0.1, 0.15) is 19.8 Å². The Morgan fingerprint density at radius 1 is 1.26 bits per heavy atom. The van der Waals surface area contributed by atoms with Gasteiger partial charge in [-0.2, -0.15) is 0 Å². The highest BCUT2D eigenvalue weighted by Gasteiger charge is 2.18. The van der Waals surface area contributed by atoms with Crippen LogP contribution in [0.1, 0.15) is 19.8 Å². The molecule has 19 heavy (non-hydrogen) atoms. The molecule has 1 aliphatic heterocycles. The first kappa shape index (κ1) is 14.3. The number of fused-ring (bicyclic) bond motifs is 1. The topological polar surface area (TPSA) is 39.7 Å². The molecule has 1 aliphatic rings. The summed E-state index contributed by atoms with van der Waals surface area (Å²) in [7, 11) is 0. The molecule has 1 N–H and O–H groups in total. The Hall–Kier alpha value is -1.13. The summed E-state index contributed by atoms with van der Waals surface area (Å²) in [4.78, 5) is 0. The van der Waals surface area contributed by atoms with E-state index in [1.54, 1.807) is 12.1 Å². The van der Waals surface area contributed by atoms with Gasteiger partial charge in [-0.1, -0.05) is 24.9 Å². The van der Waals surface area contributed by atoms with E-state index in [1.165, 1.54) is 12.8 Å². The van der Waals surface area contributed by atoms with Crippen molar-refractivity contribution in [3.05, 3.63) is 17.2 Å². The SMILES string of the molecule is CCCCNCCOc1cc(Cl)cc2c1OCCO2. The second-order valence-electron chi connectivity index (χ2n) is 4.38. The van der Waals surface area contributed by atoms with E-state index in [9.17, 15) is 0 Å². The van der Waals surface area contributed by atoms with Crippen molar-refractivity contribution in [3.63, 3.8) is 0 Å². The number of nitrogens with one attached hydrogen (secondary N) is 1. The third kappa shape index (κ3) is 4.18. The van der Waals surface area contributed by atoms with E-state index in [4.69, 9.17) is 25.8 Å². The molecule has 5 heteroatoms. The maximum atomic E-state index is 6.03. The molecule has 0 aromatic heterocycles. The number of benzene rings is 1. The molecule has 106 valence electrons. The van der Waals surface area contributed by atoms with Crippen LogP contribution in [0, 0.1) is 0 Å². The van der Waals surface area contributed by atoms with Crippen molar-refractivity contribution in [2.24, 2.45) is 0 Å². The van der Waals surface area contributed by atoms with Crippen molar-refractivity contribution in [2.45, 2.75) is 19.8 Å². The van der Waals surface area contributed by atoms with E-state index < -0.39 is 0 Å². The van der Waals surface area contributed by atoms with Crippen LogP contribution < -0.4 is 19.5 Å². The summed E-state index contributed by atoms with van der Waals surface area (Å²) in [6, 6.07) is 3.52. The van der Waals surface area contributed by atoms with Gasteiger partial charge in [0.05, 0.1) is 0 Å². The molecule has 4 nitrogen and oxygen atoms in total. The number of hydrogen-bond donors (Lipinski definition) is 1. The average molecular weight is 286 g/mol. The third-order valence-electron chi connectivity index (χ3n) is 2.82. The summed E-state index contributed by atoms with van der Waals surface area (Å²) in [5.41, 5.74) is 0. The van der Waals surface area contributed by atoms with E-state index in [0.29, 0.717) is 42.1 Å². The van der Waals surface area contributed by atoms with Gasteiger partial charge in [0, 0.05) is 23.7 Å². The van der Waals surface area contributed by atoms with Crippen LogP contribution in [0.5, 0.6) is 17.2 Å². The first-order valence-corrected chi connectivity index (χ1v) is 7.11. The molecule has 0 radical (unpaired) electrons. The van der Waals surface area contributed by atoms with Crippen molar-refractivity contribution in [2.75, 3.05) is 32.9 Å². The summed E-state index contributed by atoms with van der Waals surface area (Å²) in [6.45, 7) is 5.67. The van der Waals surface area contributed by atoms with Crippen LogP contribution in [0.3, 0.4) is 0 Å². The smallest absolute Gasteiger partial charge is 0.203 e. The monoisotopic (exact) mass is 285 g/mol. The normalized spacial score (nSPS) is 13.4. The fourth-order valence-corrected chi connectivity index (χ4v) is 2.05. The Labute approximate surface area is 119 Å². The van der Waals surface area contributed by atoms with Crippen LogP contribution in [0.4, 0.5) is 0 Å². The summed E-state index contributed by atoms with van der Waals surface area (Å²) in [6.07, 6.45) is 2.38. The zero-order chi connectivity index (χ0) is 13.5. The van der Waals surface area contributed by atoms with Crippen LogP contribution in [-0.4, -0.2) is 32.9 Å². The lowest BCUT2D eigenvalue weighted by molar-refractivity contribution is 0.162. The number of rotatable bonds is 7. The van der Waals surface area contributed by atoms with E-state index in [-0.39, 0.29) is 0 Å². The molecule has 0 amide bonds. The molecule has 2 rings (SSSR count). The summed E-state index contributed by atoms with van der Waals surface area (Å²) in [5.74, 6) is 1.97. The molecule has 1 aromatic carbocycles. The average Bonchev–Trinajstić information content (AvgIpc) is 2.42. The lowest BCUT2D eigenvalue weighted by atomic mass is 10.3. The summed E-state index contributed by atoms with van der Waals surface area (Å²) >= 11 is 6.03. The zero-order valence-corrected chi connectivity index (χ0v) is 12.0. The Kier molecular flexibility index (Phi) is 5.61. The molecule has 0 aliphatic carbocycles. The lowest BCUT2D eigenvalue weighted by Gasteiger charge is -2.21. The zero-order valence-electron chi connectivity index (χ0n) is 11.2. The fourth-order valence-electron chi connectivity index (χ4n) is 1.86. The second-order valence-corrected chi connectivity index (χ2v) is 4.82. The van der Waals surface area contributed by atoms with Gasteiger partial charge in [-0.25, -0.2) is 0 Å². The van der Waals surface area contributed by atoms with Gasteiger partial charge >= 0.3 is 0 Å². The molecule has 0 saturated heterocycles. The molecule has 0 unspecified atom stereocenters.